The zero-order valence-electron chi connectivity index (χ0n) is 8.66. The summed E-state index contributed by atoms with van der Waals surface area (Å²) in [5.41, 5.74) is 2.34. The van der Waals surface area contributed by atoms with E-state index >= 15 is 0 Å². The fourth-order valence-electron chi connectivity index (χ4n) is 1.15. The molecule has 0 saturated heterocycles. The van der Waals surface area contributed by atoms with Crippen molar-refractivity contribution in [1.82, 2.24) is 9.71 Å². The van der Waals surface area contributed by atoms with Crippen LogP contribution in [0.25, 0.3) is 0 Å². The van der Waals surface area contributed by atoms with E-state index in [9.17, 15) is 8.42 Å². The summed E-state index contributed by atoms with van der Waals surface area (Å²) in [4.78, 5) is 4.61. The van der Waals surface area contributed by atoms with E-state index in [0.717, 1.165) is 11.3 Å². The van der Waals surface area contributed by atoms with Gasteiger partial charge in [-0.2, -0.15) is 0 Å². The van der Waals surface area contributed by atoms with Crippen molar-refractivity contribution in [1.29, 1.82) is 0 Å². The summed E-state index contributed by atoms with van der Waals surface area (Å²) in [5.74, 6) is 0. The van der Waals surface area contributed by atoms with Gasteiger partial charge < -0.3 is 5.11 Å². The monoisotopic (exact) mass is 290 g/mol. The number of hydrogen-bond acceptors (Lipinski definition) is 6. The first-order valence-corrected chi connectivity index (χ1v) is 7.92. The molecule has 0 spiro atoms. The lowest BCUT2D eigenvalue weighted by molar-refractivity contribution is 0.285. The second-order valence-corrected chi connectivity index (χ2v) is 7.06. The van der Waals surface area contributed by atoms with Crippen LogP contribution in [0.1, 0.15) is 10.6 Å². The van der Waals surface area contributed by atoms with Gasteiger partial charge in [0.15, 0.2) is 0 Å². The van der Waals surface area contributed by atoms with Crippen LogP contribution < -0.4 is 4.72 Å². The Morgan fingerprint density at radius 1 is 1.41 bits per heavy atom. The molecule has 92 valence electrons. The van der Waals surface area contributed by atoms with Crippen LogP contribution >= 0.6 is 22.7 Å². The van der Waals surface area contributed by atoms with Crippen LogP contribution in [0.4, 0.5) is 0 Å². The maximum Gasteiger partial charge on any atom is 0.250 e. The van der Waals surface area contributed by atoms with Gasteiger partial charge in [-0.3, -0.25) is 0 Å². The third-order valence-electron chi connectivity index (χ3n) is 1.98. The van der Waals surface area contributed by atoms with Crippen molar-refractivity contribution < 1.29 is 13.5 Å². The summed E-state index contributed by atoms with van der Waals surface area (Å²) < 4.78 is 26.4. The fourth-order valence-corrected chi connectivity index (χ4v) is 3.97. The summed E-state index contributed by atoms with van der Waals surface area (Å²) in [6, 6.07) is 3.08. The number of thiazole rings is 1. The van der Waals surface area contributed by atoms with Gasteiger partial charge in [-0.1, -0.05) is 0 Å². The first-order chi connectivity index (χ1) is 8.12. The highest BCUT2D eigenvalue weighted by Crippen LogP contribution is 2.21. The Hall–Kier alpha value is -0.800. The first-order valence-electron chi connectivity index (χ1n) is 4.68. The second-order valence-electron chi connectivity index (χ2n) is 3.18. The molecule has 5 nitrogen and oxygen atoms in total. The average Bonchev–Trinajstić information content (AvgIpc) is 2.98. The molecule has 2 aromatic heterocycles. The lowest BCUT2D eigenvalue weighted by atomic mass is 10.5. The zero-order chi connectivity index (χ0) is 12.3. The van der Waals surface area contributed by atoms with E-state index in [1.807, 2.05) is 0 Å². The van der Waals surface area contributed by atoms with Gasteiger partial charge in [-0.25, -0.2) is 18.1 Å². The van der Waals surface area contributed by atoms with Crippen LogP contribution in [0, 0.1) is 0 Å². The minimum Gasteiger partial charge on any atom is -0.391 e. The zero-order valence-corrected chi connectivity index (χ0v) is 11.1. The van der Waals surface area contributed by atoms with E-state index in [0.29, 0.717) is 10.6 Å². The van der Waals surface area contributed by atoms with Gasteiger partial charge in [0.05, 0.1) is 24.4 Å². The number of aliphatic hydroxyl groups is 1. The lowest BCUT2D eigenvalue weighted by Gasteiger charge is -2.02. The molecular formula is C9H10N2O3S3. The number of aliphatic hydroxyl groups excluding tert-OH is 1. The molecule has 2 N–H and O–H groups in total. The molecule has 17 heavy (non-hydrogen) atoms. The lowest BCUT2D eigenvalue weighted by Crippen LogP contribution is -2.22. The Bertz CT molecular complexity index is 574. The fraction of sp³-hybridized carbons (Fsp3) is 0.222. The number of aromatic nitrogens is 1. The van der Waals surface area contributed by atoms with E-state index in [1.54, 1.807) is 17.0 Å². The molecule has 0 aliphatic carbocycles. The van der Waals surface area contributed by atoms with Crippen LogP contribution in [-0.4, -0.2) is 18.5 Å². The van der Waals surface area contributed by atoms with Crippen molar-refractivity contribution in [2.45, 2.75) is 17.4 Å². The van der Waals surface area contributed by atoms with E-state index < -0.39 is 10.0 Å². The van der Waals surface area contributed by atoms with E-state index in [-0.39, 0.29) is 17.4 Å². The average molecular weight is 290 g/mol. The van der Waals surface area contributed by atoms with Crippen LogP contribution in [0.3, 0.4) is 0 Å². The topological polar surface area (TPSA) is 79.3 Å². The Morgan fingerprint density at radius 2 is 2.24 bits per heavy atom. The molecule has 0 bridgehead atoms. The Morgan fingerprint density at radius 3 is 2.82 bits per heavy atom. The van der Waals surface area contributed by atoms with Gasteiger partial charge in [0.2, 0.25) is 10.0 Å². The molecule has 0 fully saturated rings. The number of nitrogens with one attached hydrogen (secondary N) is 1. The quantitative estimate of drug-likeness (QED) is 0.866. The highest BCUT2D eigenvalue weighted by atomic mass is 32.2. The number of thiophene rings is 1. The maximum atomic E-state index is 11.8. The van der Waals surface area contributed by atoms with Gasteiger partial charge in [0.1, 0.15) is 4.21 Å². The molecule has 0 amide bonds. The second kappa shape index (κ2) is 5.23. The van der Waals surface area contributed by atoms with Crippen molar-refractivity contribution in [3.63, 3.8) is 0 Å². The molecule has 0 aromatic carbocycles. The molecule has 0 atom stereocenters. The molecule has 0 radical (unpaired) electrons. The predicted octanol–water partition coefficient (Wildman–Crippen LogP) is 1.18. The van der Waals surface area contributed by atoms with Crippen molar-refractivity contribution in [3.8, 4) is 0 Å². The van der Waals surface area contributed by atoms with Crippen molar-refractivity contribution in [3.05, 3.63) is 33.6 Å². The minimum absolute atomic E-state index is 0.147. The Balaban J connectivity index is 2.08. The first kappa shape index (κ1) is 12.7. The molecule has 2 heterocycles. The third kappa shape index (κ3) is 3.11. The van der Waals surface area contributed by atoms with E-state index in [4.69, 9.17) is 5.11 Å². The molecule has 2 rings (SSSR count). The van der Waals surface area contributed by atoms with Gasteiger partial charge in [0.25, 0.3) is 0 Å². The summed E-state index contributed by atoms with van der Waals surface area (Å²) in [7, 11) is -3.50. The predicted molar refractivity (Wildman–Crippen MR) is 66.4 cm³/mol. The number of hydrogen-bond donors (Lipinski definition) is 2. The highest BCUT2D eigenvalue weighted by Gasteiger charge is 2.16. The molecule has 0 aliphatic heterocycles. The molecule has 0 unspecified atom stereocenters. The molecular weight excluding hydrogens is 280 g/mol. The number of nitrogens with zero attached hydrogens (tertiary/aromatic N) is 1. The van der Waals surface area contributed by atoms with Gasteiger partial charge in [-0.15, -0.1) is 22.7 Å². The molecule has 0 aliphatic rings. The number of rotatable bonds is 5. The van der Waals surface area contributed by atoms with Crippen LogP contribution in [0.15, 0.2) is 27.2 Å². The largest absolute Gasteiger partial charge is 0.391 e. The summed E-state index contributed by atoms with van der Waals surface area (Å²) in [6.45, 7) is 0.0322. The van der Waals surface area contributed by atoms with Crippen molar-refractivity contribution in [2.75, 3.05) is 0 Å². The summed E-state index contributed by atoms with van der Waals surface area (Å²) in [5, 5.41) is 10.7. The summed E-state index contributed by atoms with van der Waals surface area (Å²) in [6.07, 6.45) is 0. The summed E-state index contributed by atoms with van der Waals surface area (Å²) >= 11 is 2.48. The third-order valence-corrected chi connectivity index (χ3v) is 5.58. The van der Waals surface area contributed by atoms with Crippen molar-refractivity contribution >= 4 is 32.7 Å². The van der Waals surface area contributed by atoms with Crippen LogP contribution in [0.2, 0.25) is 0 Å². The molecule has 8 heteroatoms. The normalized spacial score (nSPS) is 11.8. The Labute approximate surface area is 107 Å². The minimum atomic E-state index is -3.50. The van der Waals surface area contributed by atoms with Crippen LogP contribution in [0.5, 0.6) is 0 Å². The van der Waals surface area contributed by atoms with Gasteiger partial charge in [0, 0.05) is 10.3 Å². The SMILES string of the molecule is O=S(=O)(NCc1cscn1)c1ccc(CO)s1. The smallest absolute Gasteiger partial charge is 0.250 e. The highest BCUT2D eigenvalue weighted by molar-refractivity contribution is 7.91. The number of sulfonamides is 1. The molecule has 0 saturated carbocycles. The molecule has 2 aromatic rings. The van der Waals surface area contributed by atoms with Crippen molar-refractivity contribution in [2.24, 2.45) is 0 Å². The van der Waals surface area contributed by atoms with E-state index in [2.05, 4.69) is 9.71 Å². The van der Waals surface area contributed by atoms with E-state index in [1.165, 1.54) is 17.4 Å². The van der Waals surface area contributed by atoms with Gasteiger partial charge in [-0.05, 0) is 12.1 Å². The Kier molecular flexibility index (Phi) is 3.89. The van der Waals surface area contributed by atoms with Crippen LogP contribution in [-0.2, 0) is 23.2 Å². The standard InChI is InChI=1S/C9H10N2O3S3/c12-4-8-1-2-9(16-8)17(13,14)11-3-7-5-15-6-10-7/h1-2,5-6,11-12H,3-4H2. The maximum absolute atomic E-state index is 11.8. The van der Waals surface area contributed by atoms with Gasteiger partial charge >= 0.3 is 0 Å².